The van der Waals surface area contributed by atoms with Crippen LogP contribution in [0.5, 0.6) is 0 Å². The average molecular weight is 373 g/mol. The van der Waals surface area contributed by atoms with Crippen molar-refractivity contribution in [3.63, 3.8) is 0 Å². The first-order chi connectivity index (χ1) is 9.54. The minimum atomic E-state index is 0.149. The first-order valence-corrected chi connectivity index (χ1v) is 8.77. The molecule has 108 valence electrons. The van der Waals surface area contributed by atoms with Crippen LogP contribution in [0.2, 0.25) is 5.02 Å². The summed E-state index contributed by atoms with van der Waals surface area (Å²) < 4.78 is 1.16. The first kappa shape index (κ1) is 16.0. The fraction of sp³-hybridized carbons (Fsp3) is 0.375. The van der Waals surface area contributed by atoms with Gasteiger partial charge in [0, 0.05) is 19.2 Å². The van der Waals surface area contributed by atoms with E-state index in [2.05, 4.69) is 66.3 Å². The van der Waals surface area contributed by atoms with Crippen molar-refractivity contribution in [3.8, 4) is 0 Å². The minimum absolute atomic E-state index is 0.149. The second-order valence-electron chi connectivity index (χ2n) is 4.93. The van der Waals surface area contributed by atoms with Crippen molar-refractivity contribution in [1.29, 1.82) is 0 Å². The van der Waals surface area contributed by atoms with Crippen LogP contribution >= 0.6 is 38.9 Å². The van der Waals surface area contributed by atoms with Crippen LogP contribution in [0.1, 0.15) is 40.3 Å². The lowest BCUT2D eigenvalue weighted by Gasteiger charge is -2.20. The van der Waals surface area contributed by atoms with Crippen molar-refractivity contribution < 1.29 is 0 Å². The third-order valence-electron chi connectivity index (χ3n) is 3.23. The van der Waals surface area contributed by atoms with E-state index in [-0.39, 0.29) is 6.04 Å². The normalized spacial score (nSPS) is 12.7. The molecule has 0 spiro atoms. The summed E-state index contributed by atoms with van der Waals surface area (Å²) in [5.74, 6) is 0. The van der Waals surface area contributed by atoms with Gasteiger partial charge in [0.05, 0.1) is 6.04 Å². The summed E-state index contributed by atoms with van der Waals surface area (Å²) in [6.45, 7) is 7.33. The molecule has 4 heteroatoms. The zero-order chi connectivity index (χ0) is 14.7. The van der Waals surface area contributed by atoms with Gasteiger partial charge in [-0.1, -0.05) is 36.7 Å². The Morgan fingerprint density at radius 1 is 1.35 bits per heavy atom. The number of nitrogens with one attached hydrogen (secondary N) is 1. The highest BCUT2D eigenvalue weighted by molar-refractivity contribution is 9.10. The van der Waals surface area contributed by atoms with E-state index >= 15 is 0 Å². The number of rotatable bonds is 5. The van der Waals surface area contributed by atoms with Crippen LogP contribution in [0.4, 0.5) is 0 Å². The molecule has 1 nitrogen and oxygen atoms in total. The van der Waals surface area contributed by atoms with Gasteiger partial charge in [-0.25, -0.2) is 0 Å². The van der Waals surface area contributed by atoms with Crippen LogP contribution in [0.25, 0.3) is 0 Å². The Bertz CT molecular complexity index is 594. The molecule has 0 radical (unpaired) electrons. The van der Waals surface area contributed by atoms with Gasteiger partial charge in [0.25, 0.3) is 0 Å². The average Bonchev–Trinajstić information content (AvgIpc) is 2.74. The molecule has 0 aliphatic heterocycles. The Morgan fingerprint density at radius 2 is 2.10 bits per heavy atom. The number of thiophene rings is 1. The predicted octanol–water partition coefficient (Wildman–Crippen LogP) is 5.87. The van der Waals surface area contributed by atoms with Crippen LogP contribution in [-0.2, 0) is 0 Å². The van der Waals surface area contributed by atoms with Gasteiger partial charge in [-0.05, 0) is 59.9 Å². The highest BCUT2D eigenvalue weighted by Crippen LogP contribution is 2.38. The van der Waals surface area contributed by atoms with Gasteiger partial charge in [-0.3, -0.25) is 0 Å². The van der Waals surface area contributed by atoms with Crippen LogP contribution in [0, 0.1) is 13.8 Å². The minimum Gasteiger partial charge on any atom is -0.306 e. The lowest BCUT2D eigenvalue weighted by atomic mass is 10.0. The van der Waals surface area contributed by atoms with E-state index in [4.69, 9.17) is 11.6 Å². The molecule has 0 amide bonds. The topological polar surface area (TPSA) is 12.0 Å². The molecule has 20 heavy (non-hydrogen) atoms. The molecule has 1 unspecified atom stereocenters. The van der Waals surface area contributed by atoms with Gasteiger partial charge in [0.1, 0.15) is 0 Å². The van der Waals surface area contributed by atoms with E-state index in [0.717, 1.165) is 33.6 Å². The zero-order valence-corrected chi connectivity index (χ0v) is 15.1. The Labute approximate surface area is 138 Å². The van der Waals surface area contributed by atoms with Crippen molar-refractivity contribution in [2.24, 2.45) is 0 Å². The van der Waals surface area contributed by atoms with Gasteiger partial charge >= 0.3 is 0 Å². The number of benzene rings is 1. The van der Waals surface area contributed by atoms with E-state index in [1.807, 2.05) is 11.3 Å². The van der Waals surface area contributed by atoms with Crippen LogP contribution in [0.3, 0.4) is 0 Å². The number of halogens is 2. The molecule has 1 atom stereocenters. The van der Waals surface area contributed by atoms with E-state index in [9.17, 15) is 0 Å². The summed E-state index contributed by atoms with van der Waals surface area (Å²) in [6.07, 6.45) is 1.10. The third kappa shape index (κ3) is 3.45. The van der Waals surface area contributed by atoms with Crippen molar-refractivity contribution in [2.45, 2.75) is 33.2 Å². The van der Waals surface area contributed by atoms with E-state index in [0.29, 0.717) is 0 Å². The molecule has 1 N–H and O–H groups in total. The molecular formula is C16H19BrClNS. The van der Waals surface area contributed by atoms with Crippen molar-refractivity contribution in [1.82, 2.24) is 5.32 Å². The second kappa shape index (κ2) is 7.08. The molecule has 0 fully saturated rings. The van der Waals surface area contributed by atoms with Gasteiger partial charge < -0.3 is 5.32 Å². The Morgan fingerprint density at radius 3 is 2.70 bits per heavy atom. The molecule has 0 bridgehead atoms. The Balaban J connectivity index is 2.47. The molecule has 2 aromatic rings. The van der Waals surface area contributed by atoms with Crippen LogP contribution in [0.15, 0.2) is 28.7 Å². The lowest BCUT2D eigenvalue weighted by molar-refractivity contribution is 0.604. The quantitative estimate of drug-likeness (QED) is 0.692. The highest BCUT2D eigenvalue weighted by atomic mass is 79.9. The van der Waals surface area contributed by atoms with Gasteiger partial charge in [0.2, 0.25) is 0 Å². The molecule has 0 saturated carbocycles. The lowest BCUT2D eigenvalue weighted by Crippen LogP contribution is -2.23. The van der Waals surface area contributed by atoms with Gasteiger partial charge in [-0.15, -0.1) is 11.3 Å². The summed E-state index contributed by atoms with van der Waals surface area (Å²) in [5.41, 5.74) is 2.28. The molecule has 0 saturated heterocycles. The molecular weight excluding hydrogens is 354 g/mol. The number of aryl methyl sites for hydroxylation is 2. The maximum atomic E-state index is 6.53. The SMILES string of the molecule is CCCNC(c1cccc(C)c1Cl)c1sc(C)cc1Br. The number of hydrogen-bond acceptors (Lipinski definition) is 2. The zero-order valence-electron chi connectivity index (χ0n) is 12.0. The molecule has 0 aliphatic rings. The first-order valence-electron chi connectivity index (χ1n) is 6.78. The van der Waals surface area contributed by atoms with Crippen LogP contribution < -0.4 is 5.32 Å². The highest BCUT2D eigenvalue weighted by Gasteiger charge is 2.21. The summed E-state index contributed by atoms with van der Waals surface area (Å²) in [6, 6.07) is 8.56. The molecule has 2 rings (SSSR count). The molecule has 1 aromatic heterocycles. The molecule has 1 heterocycles. The summed E-state index contributed by atoms with van der Waals surface area (Å²) in [7, 11) is 0. The van der Waals surface area contributed by atoms with Crippen molar-refractivity contribution in [3.05, 3.63) is 54.6 Å². The number of hydrogen-bond donors (Lipinski definition) is 1. The third-order valence-corrected chi connectivity index (χ3v) is 5.78. The van der Waals surface area contributed by atoms with Gasteiger partial charge in [0.15, 0.2) is 0 Å². The molecule has 1 aromatic carbocycles. The largest absolute Gasteiger partial charge is 0.306 e. The fourth-order valence-electron chi connectivity index (χ4n) is 2.22. The van der Waals surface area contributed by atoms with Crippen molar-refractivity contribution in [2.75, 3.05) is 6.54 Å². The maximum absolute atomic E-state index is 6.53. The second-order valence-corrected chi connectivity index (χ2v) is 7.45. The van der Waals surface area contributed by atoms with Crippen molar-refractivity contribution >= 4 is 38.9 Å². The maximum Gasteiger partial charge on any atom is 0.0697 e. The predicted molar refractivity (Wildman–Crippen MR) is 93.1 cm³/mol. The summed E-state index contributed by atoms with van der Waals surface area (Å²) >= 11 is 12.0. The smallest absolute Gasteiger partial charge is 0.0697 e. The van der Waals surface area contributed by atoms with E-state index < -0.39 is 0 Å². The van der Waals surface area contributed by atoms with Crippen LogP contribution in [-0.4, -0.2) is 6.54 Å². The summed E-state index contributed by atoms with van der Waals surface area (Å²) in [5, 5.41) is 4.48. The monoisotopic (exact) mass is 371 g/mol. The molecule has 0 aliphatic carbocycles. The Kier molecular flexibility index (Phi) is 5.67. The standard InChI is InChI=1S/C16H19BrClNS/c1-4-8-19-15(16-13(17)9-11(3)20-16)12-7-5-6-10(2)14(12)18/h5-7,9,15,19H,4,8H2,1-3H3. The van der Waals surface area contributed by atoms with E-state index in [1.54, 1.807) is 0 Å². The van der Waals surface area contributed by atoms with E-state index in [1.165, 1.54) is 9.75 Å². The summed E-state index contributed by atoms with van der Waals surface area (Å²) in [4.78, 5) is 2.60. The fourth-order valence-corrected chi connectivity index (χ4v) is 4.43. The van der Waals surface area contributed by atoms with Gasteiger partial charge in [-0.2, -0.15) is 0 Å². The Hall–Kier alpha value is -0.350.